The maximum atomic E-state index is 12.4. The monoisotopic (exact) mass is 292 g/mol. The molecule has 1 fully saturated rings. The van der Waals surface area contributed by atoms with Gasteiger partial charge in [0.1, 0.15) is 11.2 Å². The van der Waals surface area contributed by atoms with E-state index in [9.17, 15) is 4.79 Å². The minimum atomic E-state index is -0.0639. The number of hydrogen-bond donors (Lipinski definition) is 2. The number of tetrazole rings is 1. The number of nitrogens with two attached hydrogens (primary N) is 1. The summed E-state index contributed by atoms with van der Waals surface area (Å²) in [4.78, 5) is 13.0. The van der Waals surface area contributed by atoms with Crippen molar-refractivity contribution >= 4 is 17.2 Å². The number of aromatic nitrogens is 4. The van der Waals surface area contributed by atoms with Crippen molar-refractivity contribution in [3.63, 3.8) is 0 Å². The Hall–Kier alpha value is -1.80. The van der Waals surface area contributed by atoms with Crippen LogP contribution in [0.2, 0.25) is 0 Å². The summed E-state index contributed by atoms with van der Waals surface area (Å²) in [6.07, 6.45) is 5.31. The van der Waals surface area contributed by atoms with Gasteiger partial charge in [0.25, 0.3) is 5.91 Å². The quantitative estimate of drug-likeness (QED) is 0.868. The Kier molecular flexibility index (Phi) is 3.75. The third-order valence-electron chi connectivity index (χ3n) is 3.55. The van der Waals surface area contributed by atoms with Gasteiger partial charge in [0.2, 0.25) is 0 Å². The molecule has 106 valence electrons. The highest BCUT2D eigenvalue weighted by Gasteiger charge is 2.22. The van der Waals surface area contributed by atoms with E-state index in [1.165, 1.54) is 22.3 Å². The maximum absolute atomic E-state index is 12.4. The van der Waals surface area contributed by atoms with Crippen LogP contribution in [0.4, 0.5) is 0 Å². The van der Waals surface area contributed by atoms with Crippen molar-refractivity contribution in [1.29, 1.82) is 0 Å². The van der Waals surface area contributed by atoms with Crippen LogP contribution in [-0.2, 0) is 0 Å². The first-order chi connectivity index (χ1) is 9.74. The van der Waals surface area contributed by atoms with Gasteiger partial charge in [-0.25, -0.2) is 0 Å². The molecule has 0 bridgehead atoms. The fourth-order valence-corrected chi connectivity index (χ4v) is 3.22. The molecule has 8 heteroatoms. The van der Waals surface area contributed by atoms with E-state index < -0.39 is 0 Å². The number of carbonyl (C=O) groups is 1. The SMILES string of the molecule is NC1CCC(NC(=O)c2sccc2-n2cnnn2)CC1. The molecule has 0 aliphatic heterocycles. The first-order valence-corrected chi connectivity index (χ1v) is 7.49. The number of nitrogens with one attached hydrogen (secondary N) is 1. The van der Waals surface area contributed by atoms with Gasteiger partial charge in [0, 0.05) is 12.1 Å². The zero-order valence-electron chi connectivity index (χ0n) is 10.9. The van der Waals surface area contributed by atoms with Crippen LogP contribution in [-0.4, -0.2) is 38.2 Å². The Morgan fingerprint density at radius 2 is 2.20 bits per heavy atom. The minimum Gasteiger partial charge on any atom is -0.349 e. The van der Waals surface area contributed by atoms with Crippen molar-refractivity contribution in [1.82, 2.24) is 25.5 Å². The van der Waals surface area contributed by atoms with E-state index in [2.05, 4.69) is 20.8 Å². The summed E-state index contributed by atoms with van der Waals surface area (Å²) >= 11 is 1.39. The van der Waals surface area contributed by atoms with E-state index in [4.69, 9.17) is 5.73 Å². The van der Waals surface area contributed by atoms with Gasteiger partial charge < -0.3 is 11.1 Å². The van der Waals surface area contributed by atoms with Gasteiger partial charge >= 0.3 is 0 Å². The summed E-state index contributed by atoms with van der Waals surface area (Å²) < 4.78 is 1.50. The molecule has 2 aromatic rings. The summed E-state index contributed by atoms with van der Waals surface area (Å²) in [6.45, 7) is 0. The lowest BCUT2D eigenvalue weighted by atomic mass is 9.92. The van der Waals surface area contributed by atoms with Gasteiger partial charge in [-0.1, -0.05) is 0 Å². The molecule has 0 aromatic carbocycles. The largest absolute Gasteiger partial charge is 0.349 e. The van der Waals surface area contributed by atoms with E-state index in [-0.39, 0.29) is 18.0 Å². The van der Waals surface area contributed by atoms with Crippen LogP contribution in [0, 0.1) is 0 Å². The number of carbonyl (C=O) groups excluding carboxylic acids is 1. The first-order valence-electron chi connectivity index (χ1n) is 6.61. The number of amides is 1. The molecule has 1 aliphatic rings. The molecule has 3 rings (SSSR count). The van der Waals surface area contributed by atoms with E-state index in [1.807, 2.05) is 11.4 Å². The van der Waals surface area contributed by atoms with Crippen LogP contribution in [0.1, 0.15) is 35.4 Å². The van der Waals surface area contributed by atoms with Crippen molar-refractivity contribution in [2.24, 2.45) is 5.73 Å². The summed E-state index contributed by atoms with van der Waals surface area (Å²) in [5.41, 5.74) is 6.59. The maximum Gasteiger partial charge on any atom is 0.263 e. The number of nitrogens with zero attached hydrogens (tertiary/aromatic N) is 4. The summed E-state index contributed by atoms with van der Waals surface area (Å²) in [6, 6.07) is 2.33. The molecule has 0 unspecified atom stereocenters. The molecule has 1 saturated carbocycles. The predicted octanol–water partition coefficient (Wildman–Crippen LogP) is 0.723. The Labute approximate surface area is 120 Å². The molecule has 0 atom stereocenters. The van der Waals surface area contributed by atoms with Crippen LogP contribution in [0.25, 0.3) is 5.69 Å². The second-order valence-electron chi connectivity index (χ2n) is 4.97. The van der Waals surface area contributed by atoms with Gasteiger partial charge in [-0.2, -0.15) is 4.68 Å². The van der Waals surface area contributed by atoms with Gasteiger partial charge in [-0.15, -0.1) is 16.4 Å². The van der Waals surface area contributed by atoms with E-state index >= 15 is 0 Å². The van der Waals surface area contributed by atoms with Crippen molar-refractivity contribution in [2.75, 3.05) is 0 Å². The topological polar surface area (TPSA) is 98.7 Å². The van der Waals surface area contributed by atoms with E-state index in [1.54, 1.807) is 0 Å². The van der Waals surface area contributed by atoms with Gasteiger partial charge in [-0.05, 0) is 47.6 Å². The van der Waals surface area contributed by atoms with Crippen LogP contribution in [0.3, 0.4) is 0 Å². The minimum absolute atomic E-state index is 0.0639. The highest BCUT2D eigenvalue weighted by molar-refractivity contribution is 7.12. The van der Waals surface area contributed by atoms with Crippen molar-refractivity contribution in [2.45, 2.75) is 37.8 Å². The highest BCUT2D eigenvalue weighted by atomic mass is 32.1. The van der Waals surface area contributed by atoms with Gasteiger partial charge in [-0.3, -0.25) is 4.79 Å². The fraction of sp³-hybridized carbons (Fsp3) is 0.500. The normalized spacial score (nSPS) is 22.6. The molecule has 1 amide bonds. The molecule has 2 heterocycles. The molecule has 20 heavy (non-hydrogen) atoms. The average Bonchev–Trinajstić information content (AvgIpc) is 3.11. The molecular weight excluding hydrogens is 276 g/mol. The van der Waals surface area contributed by atoms with Crippen LogP contribution >= 0.6 is 11.3 Å². The smallest absolute Gasteiger partial charge is 0.263 e. The predicted molar refractivity (Wildman–Crippen MR) is 74.7 cm³/mol. The standard InChI is InChI=1S/C12H16N6OS/c13-8-1-3-9(4-2-8)15-12(19)11-10(5-6-20-11)18-7-14-16-17-18/h5-9H,1-4,13H2,(H,15,19). The molecule has 1 aliphatic carbocycles. The van der Waals surface area contributed by atoms with Crippen molar-refractivity contribution < 1.29 is 4.79 Å². The zero-order valence-corrected chi connectivity index (χ0v) is 11.7. The molecular formula is C12H16N6OS. The van der Waals surface area contributed by atoms with Crippen LogP contribution in [0.15, 0.2) is 17.8 Å². The second kappa shape index (κ2) is 5.68. The van der Waals surface area contributed by atoms with Gasteiger partial charge in [0.15, 0.2) is 0 Å². The Morgan fingerprint density at radius 3 is 2.90 bits per heavy atom. The molecule has 0 radical (unpaired) electrons. The molecule has 0 saturated heterocycles. The van der Waals surface area contributed by atoms with E-state index in [0.717, 1.165) is 25.7 Å². The lowest BCUT2D eigenvalue weighted by Gasteiger charge is -2.26. The van der Waals surface area contributed by atoms with Crippen molar-refractivity contribution in [3.05, 3.63) is 22.7 Å². The number of rotatable bonds is 3. The fourth-order valence-electron chi connectivity index (χ4n) is 2.44. The average molecular weight is 292 g/mol. The first kappa shape index (κ1) is 13.2. The second-order valence-corrected chi connectivity index (χ2v) is 5.89. The zero-order chi connectivity index (χ0) is 13.9. The molecule has 3 N–H and O–H groups in total. The Morgan fingerprint density at radius 1 is 1.40 bits per heavy atom. The summed E-state index contributed by atoms with van der Waals surface area (Å²) in [5, 5.41) is 16.0. The van der Waals surface area contributed by atoms with Crippen LogP contribution < -0.4 is 11.1 Å². The highest BCUT2D eigenvalue weighted by Crippen LogP contribution is 2.22. The Bertz CT molecular complexity index is 573. The third-order valence-corrected chi connectivity index (χ3v) is 4.46. The number of hydrogen-bond acceptors (Lipinski definition) is 6. The lowest BCUT2D eigenvalue weighted by molar-refractivity contribution is 0.0930. The molecule has 0 spiro atoms. The number of thiophene rings is 1. The summed E-state index contributed by atoms with van der Waals surface area (Å²) in [5.74, 6) is -0.0639. The molecule has 7 nitrogen and oxygen atoms in total. The lowest BCUT2D eigenvalue weighted by Crippen LogP contribution is -2.40. The van der Waals surface area contributed by atoms with Gasteiger partial charge in [0.05, 0.1) is 5.69 Å². The van der Waals surface area contributed by atoms with Crippen LogP contribution in [0.5, 0.6) is 0 Å². The molecule has 2 aromatic heterocycles. The Balaban J connectivity index is 1.70. The third kappa shape index (κ3) is 2.70. The van der Waals surface area contributed by atoms with Crippen molar-refractivity contribution in [3.8, 4) is 5.69 Å². The summed E-state index contributed by atoms with van der Waals surface area (Å²) in [7, 11) is 0. The van der Waals surface area contributed by atoms with E-state index in [0.29, 0.717) is 10.6 Å².